The molecule has 1 aliphatic heterocycles. The molecule has 1 N–H and O–H groups in total. The van der Waals surface area contributed by atoms with Crippen LogP contribution in [0, 0.1) is 0 Å². The lowest BCUT2D eigenvalue weighted by molar-refractivity contribution is -0.128. The van der Waals surface area contributed by atoms with E-state index in [-0.39, 0.29) is 10.9 Å². The molecule has 2 aromatic rings. The van der Waals surface area contributed by atoms with Gasteiger partial charge >= 0.3 is 0 Å². The van der Waals surface area contributed by atoms with E-state index in [0.29, 0.717) is 19.5 Å². The molecule has 0 aliphatic carbocycles. The minimum absolute atomic E-state index is 0.0860. The summed E-state index contributed by atoms with van der Waals surface area (Å²) in [6.45, 7) is 7.07. The van der Waals surface area contributed by atoms with E-state index in [0.717, 1.165) is 29.8 Å². The van der Waals surface area contributed by atoms with Crippen LogP contribution in [0.4, 0.5) is 5.69 Å². The van der Waals surface area contributed by atoms with Crippen molar-refractivity contribution in [2.75, 3.05) is 11.9 Å². The number of nitrogens with zero attached hydrogens (tertiary/aromatic N) is 2. The van der Waals surface area contributed by atoms with E-state index >= 15 is 0 Å². The van der Waals surface area contributed by atoms with Crippen LogP contribution in [0.2, 0.25) is 0 Å². The maximum atomic E-state index is 12.4. The summed E-state index contributed by atoms with van der Waals surface area (Å²) in [5.74, 6) is 0.222. The molecule has 1 aromatic carbocycles. The highest BCUT2D eigenvalue weighted by molar-refractivity contribution is 7.92. The van der Waals surface area contributed by atoms with Crippen molar-refractivity contribution in [3.05, 3.63) is 53.7 Å². The molecule has 1 aliphatic rings. The van der Waals surface area contributed by atoms with Crippen LogP contribution in [-0.2, 0) is 27.7 Å². The van der Waals surface area contributed by atoms with E-state index in [1.54, 1.807) is 39.1 Å². The van der Waals surface area contributed by atoms with Gasteiger partial charge in [-0.25, -0.2) is 13.4 Å². The molecule has 0 atom stereocenters. The molecule has 3 rings (SSSR count). The first kappa shape index (κ1) is 20.3. The normalized spacial score (nSPS) is 15.1. The SMILES string of the molecule is CC(C)(C)S(=O)(=O)c1ccc(NCc2cccc(CN3CCCC3=O)c2)cn1. The van der Waals surface area contributed by atoms with E-state index in [9.17, 15) is 13.2 Å². The first-order valence-corrected chi connectivity index (χ1v) is 11.0. The summed E-state index contributed by atoms with van der Waals surface area (Å²) < 4.78 is 24.0. The summed E-state index contributed by atoms with van der Waals surface area (Å²) in [4.78, 5) is 17.8. The van der Waals surface area contributed by atoms with Gasteiger partial charge in [-0.05, 0) is 50.5 Å². The average molecular weight is 402 g/mol. The molecular weight excluding hydrogens is 374 g/mol. The summed E-state index contributed by atoms with van der Waals surface area (Å²) in [5.41, 5.74) is 2.96. The largest absolute Gasteiger partial charge is 0.380 e. The highest BCUT2D eigenvalue weighted by Gasteiger charge is 2.31. The average Bonchev–Trinajstić information content (AvgIpc) is 3.04. The summed E-state index contributed by atoms with van der Waals surface area (Å²) in [7, 11) is -3.45. The van der Waals surface area contributed by atoms with Gasteiger partial charge in [0.2, 0.25) is 5.91 Å². The van der Waals surface area contributed by atoms with Gasteiger partial charge in [-0.15, -0.1) is 0 Å². The molecule has 0 saturated carbocycles. The fourth-order valence-corrected chi connectivity index (χ4v) is 4.16. The number of carbonyl (C=O) groups is 1. The quantitative estimate of drug-likeness (QED) is 0.803. The van der Waals surface area contributed by atoms with Crippen LogP contribution in [0.1, 0.15) is 44.7 Å². The Labute approximate surface area is 166 Å². The van der Waals surface area contributed by atoms with Crippen LogP contribution in [-0.4, -0.2) is 35.5 Å². The number of hydrogen-bond acceptors (Lipinski definition) is 5. The Morgan fingerprint density at radius 3 is 2.50 bits per heavy atom. The first-order chi connectivity index (χ1) is 13.2. The molecule has 150 valence electrons. The fourth-order valence-electron chi connectivity index (χ4n) is 3.09. The number of carbonyl (C=O) groups excluding carboxylic acids is 1. The van der Waals surface area contributed by atoms with Crippen LogP contribution in [0.15, 0.2) is 47.6 Å². The molecule has 0 unspecified atom stereocenters. The smallest absolute Gasteiger partial charge is 0.222 e. The zero-order chi connectivity index (χ0) is 20.4. The molecule has 0 spiro atoms. The minimum atomic E-state index is -3.45. The standard InChI is InChI=1S/C21H27N3O3S/c1-21(2,3)28(26,27)19-10-9-18(14-23-19)22-13-16-6-4-7-17(12-16)15-24-11-5-8-20(24)25/h4,6-7,9-10,12,14,22H,5,8,11,13,15H2,1-3H3. The van der Waals surface area contributed by atoms with Gasteiger partial charge in [0.15, 0.2) is 14.9 Å². The molecule has 2 heterocycles. The Morgan fingerprint density at radius 1 is 1.14 bits per heavy atom. The zero-order valence-electron chi connectivity index (χ0n) is 16.6. The third kappa shape index (κ3) is 4.52. The van der Waals surface area contributed by atoms with Crippen LogP contribution >= 0.6 is 0 Å². The third-order valence-corrected chi connectivity index (χ3v) is 7.26. The van der Waals surface area contributed by atoms with Crippen molar-refractivity contribution in [1.82, 2.24) is 9.88 Å². The number of sulfone groups is 1. The summed E-state index contributed by atoms with van der Waals surface area (Å²) in [5, 5.41) is 3.36. The Morgan fingerprint density at radius 2 is 1.89 bits per heavy atom. The number of nitrogens with one attached hydrogen (secondary N) is 1. The third-order valence-electron chi connectivity index (χ3n) is 4.85. The molecule has 6 nitrogen and oxygen atoms in total. The van der Waals surface area contributed by atoms with Gasteiger partial charge in [0.25, 0.3) is 0 Å². The van der Waals surface area contributed by atoms with Gasteiger partial charge in [0.1, 0.15) is 0 Å². The van der Waals surface area contributed by atoms with Gasteiger partial charge in [0.05, 0.1) is 16.6 Å². The molecule has 1 aromatic heterocycles. The van der Waals surface area contributed by atoms with E-state index in [1.165, 1.54) is 0 Å². The van der Waals surface area contributed by atoms with Crippen molar-refractivity contribution in [1.29, 1.82) is 0 Å². The van der Waals surface area contributed by atoms with Crippen molar-refractivity contribution in [3.63, 3.8) is 0 Å². The molecule has 0 bridgehead atoms. The molecular formula is C21H27N3O3S. The molecule has 7 heteroatoms. The second-order valence-electron chi connectivity index (χ2n) is 8.09. The lowest BCUT2D eigenvalue weighted by atomic mass is 10.1. The Bertz CT molecular complexity index is 948. The molecule has 1 amide bonds. The number of benzene rings is 1. The van der Waals surface area contributed by atoms with E-state index in [1.807, 2.05) is 23.1 Å². The summed E-state index contributed by atoms with van der Waals surface area (Å²) in [6.07, 6.45) is 3.13. The first-order valence-electron chi connectivity index (χ1n) is 9.47. The van der Waals surface area contributed by atoms with E-state index in [2.05, 4.69) is 16.4 Å². The lowest BCUT2D eigenvalue weighted by Gasteiger charge is -2.18. The van der Waals surface area contributed by atoms with Crippen molar-refractivity contribution in [2.45, 2.75) is 56.5 Å². The van der Waals surface area contributed by atoms with Gasteiger partial charge in [-0.1, -0.05) is 24.3 Å². The molecule has 1 saturated heterocycles. The summed E-state index contributed by atoms with van der Waals surface area (Å²) in [6, 6.07) is 11.4. The van der Waals surface area contributed by atoms with Gasteiger partial charge in [-0.3, -0.25) is 4.79 Å². The van der Waals surface area contributed by atoms with E-state index < -0.39 is 14.6 Å². The maximum Gasteiger partial charge on any atom is 0.222 e. The number of aromatic nitrogens is 1. The molecule has 28 heavy (non-hydrogen) atoms. The van der Waals surface area contributed by atoms with Crippen molar-refractivity contribution >= 4 is 21.4 Å². The van der Waals surface area contributed by atoms with Crippen LogP contribution < -0.4 is 5.32 Å². The zero-order valence-corrected chi connectivity index (χ0v) is 17.4. The summed E-state index contributed by atoms with van der Waals surface area (Å²) >= 11 is 0. The number of hydrogen-bond donors (Lipinski definition) is 1. The predicted octanol–water partition coefficient (Wildman–Crippen LogP) is 3.39. The van der Waals surface area contributed by atoms with Gasteiger partial charge in [-0.2, -0.15) is 0 Å². The van der Waals surface area contributed by atoms with Crippen molar-refractivity contribution in [2.24, 2.45) is 0 Å². The second-order valence-corrected chi connectivity index (χ2v) is 10.7. The number of amides is 1. The van der Waals surface area contributed by atoms with Gasteiger partial charge < -0.3 is 10.2 Å². The number of likely N-dealkylation sites (tertiary alicyclic amines) is 1. The second kappa shape index (κ2) is 7.91. The van der Waals surface area contributed by atoms with E-state index in [4.69, 9.17) is 0 Å². The highest BCUT2D eigenvalue weighted by atomic mass is 32.2. The number of anilines is 1. The fraction of sp³-hybridized carbons (Fsp3) is 0.429. The highest BCUT2D eigenvalue weighted by Crippen LogP contribution is 2.24. The molecule has 1 fully saturated rings. The minimum Gasteiger partial charge on any atom is -0.380 e. The monoisotopic (exact) mass is 401 g/mol. The Hall–Kier alpha value is -2.41. The predicted molar refractivity (Wildman–Crippen MR) is 110 cm³/mol. The number of rotatable bonds is 6. The Kier molecular flexibility index (Phi) is 5.74. The lowest BCUT2D eigenvalue weighted by Crippen LogP contribution is -2.28. The van der Waals surface area contributed by atoms with Crippen LogP contribution in [0.25, 0.3) is 0 Å². The molecule has 0 radical (unpaired) electrons. The van der Waals surface area contributed by atoms with Crippen molar-refractivity contribution in [3.8, 4) is 0 Å². The van der Waals surface area contributed by atoms with Crippen molar-refractivity contribution < 1.29 is 13.2 Å². The van der Waals surface area contributed by atoms with Crippen LogP contribution in [0.5, 0.6) is 0 Å². The Balaban J connectivity index is 1.63. The van der Waals surface area contributed by atoms with Gasteiger partial charge in [0, 0.05) is 26.1 Å². The number of pyridine rings is 1. The van der Waals surface area contributed by atoms with Crippen LogP contribution in [0.3, 0.4) is 0 Å². The topological polar surface area (TPSA) is 79.4 Å². The maximum absolute atomic E-state index is 12.4.